The van der Waals surface area contributed by atoms with E-state index >= 15 is 0 Å². The van der Waals surface area contributed by atoms with Crippen LogP contribution >= 0.6 is 0 Å². The molecule has 4 heterocycles. The molecule has 1 saturated heterocycles. The van der Waals surface area contributed by atoms with Gasteiger partial charge >= 0.3 is 0 Å². The van der Waals surface area contributed by atoms with Gasteiger partial charge in [0.05, 0.1) is 11.8 Å². The maximum absolute atomic E-state index is 14.1. The molecule has 5 rings (SSSR count). The molecule has 2 N–H and O–H groups in total. The molecule has 148 valence electrons. The van der Waals surface area contributed by atoms with Crippen LogP contribution in [0, 0.1) is 11.7 Å². The summed E-state index contributed by atoms with van der Waals surface area (Å²) >= 11 is 0. The first-order valence-corrected chi connectivity index (χ1v) is 9.44. The third kappa shape index (κ3) is 2.89. The standard InChI is InChI=1S/C20H18FN5O3/c21-14-3-2-6-26-18(14)13(9-22-26)19(28)24-16-8-12-7-11(16)10-25(12)20(29)15-4-1-5-17(27)23-15/h1-6,9,11-12,16H,7-8,10H2,(H,23,27)(H,24,28)/t11?,12-,16-/m1/s1. The molecule has 3 aromatic heterocycles. The number of nitrogens with zero attached hydrogens (tertiary/aromatic N) is 3. The summed E-state index contributed by atoms with van der Waals surface area (Å²) in [5, 5.41) is 7.02. The molecule has 29 heavy (non-hydrogen) atoms. The first-order chi connectivity index (χ1) is 14.0. The number of nitrogens with one attached hydrogen (secondary N) is 2. The molecule has 9 heteroatoms. The fourth-order valence-electron chi connectivity index (χ4n) is 4.52. The molecule has 2 fully saturated rings. The van der Waals surface area contributed by atoms with Crippen LogP contribution in [0.25, 0.3) is 5.52 Å². The second kappa shape index (κ2) is 6.54. The second-order valence-corrected chi connectivity index (χ2v) is 7.56. The van der Waals surface area contributed by atoms with Crippen molar-refractivity contribution >= 4 is 17.3 Å². The van der Waals surface area contributed by atoms with E-state index in [0.717, 1.165) is 6.42 Å². The summed E-state index contributed by atoms with van der Waals surface area (Å²) in [6.45, 7) is 0.508. The van der Waals surface area contributed by atoms with E-state index in [2.05, 4.69) is 15.4 Å². The summed E-state index contributed by atoms with van der Waals surface area (Å²) < 4.78 is 15.5. The highest BCUT2D eigenvalue weighted by Crippen LogP contribution is 2.38. The third-order valence-electron chi connectivity index (χ3n) is 5.85. The molecule has 1 aliphatic heterocycles. The lowest BCUT2D eigenvalue weighted by atomic mass is 10.0. The number of H-pyrrole nitrogens is 1. The van der Waals surface area contributed by atoms with Crippen molar-refractivity contribution in [3.05, 3.63) is 70.2 Å². The van der Waals surface area contributed by atoms with Crippen molar-refractivity contribution in [2.75, 3.05) is 6.54 Å². The summed E-state index contributed by atoms with van der Waals surface area (Å²) in [7, 11) is 0. The van der Waals surface area contributed by atoms with Crippen molar-refractivity contribution in [1.29, 1.82) is 0 Å². The van der Waals surface area contributed by atoms with Crippen LogP contribution in [0.15, 0.2) is 47.5 Å². The fraction of sp³-hybridized carbons (Fsp3) is 0.300. The zero-order valence-corrected chi connectivity index (χ0v) is 15.3. The number of piperidine rings is 1. The SMILES string of the molecule is O=C(N[C@@H]1C[C@H]2CC1CN2C(=O)c1cccc(=O)[nH]1)c1cnn2cccc(F)c12. The van der Waals surface area contributed by atoms with Crippen LogP contribution in [0.4, 0.5) is 4.39 Å². The molecule has 1 unspecified atom stereocenters. The van der Waals surface area contributed by atoms with Crippen molar-refractivity contribution in [2.45, 2.75) is 24.9 Å². The number of fused-ring (bicyclic) bond motifs is 3. The lowest BCUT2D eigenvalue weighted by molar-refractivity contribution is 0.0673. The van der Waals surface area contributed by atoms with Crippen LogP contribution in [-0.4, -0.2) is 49.9 Å². The predicted octanol–water partition coefficient (Wildman–Crippen LogP) is 1.19. The highest BCUT2D eigenvalue weighted by Gasteiger charge is 2.47. The molecule has 0 spiro atoms. The van der Waals surface area contributed by atoms with E-state index in [1.165, 1.54) is 28.9 Å². The van der Waals surface area contributed by atoms with Crippen molar-refractivity contribution < 1.29 is 14.0 Å². The van der Waals surface area contributed by atoms with E-state index in [9.17, 15) is 18.8 Å². The Morgan fingerprint density at radius 2 is 2.07 bits per heavy atom. The molecule has 1 saturated carbocycles. The number of aromatic nitrogens is 3. The fourth-order valence-corrected chi connectivity index (χ4v) is 4.52. The maximum atomic E-state index is 14.1. The second-order valence-electron chi connectivity index (χ2n) is 7.56. The van der Waals surface area contributed by atoms with Gasteiger partial charge in [-0.25, -0.2) is 8.91 Å². The average Bonchev–Trinajstić information content (AvgIpc) is 3.41. The highest BCUT2D eigenvalue weighted by molar-refractivity contribution is 6.01. The smallest absolute Gasteiger partial charge is 0.270 e. The van der Waals surface area contributed by atoms with Gasteiger partial charge in [-0.1, -0.05) is 6.07 Å². The van der Waals surface area contributed by atoms with Gasteiger partial charge in [0, 0.05) is 30.9 Å². The van der Waals surface area contributed by atoms with E-state index in [1.54, 1.807) is 23.2 Å². The monoisotopic (exact) mass is 395 g/mol. The zero-order chi connectivity index (χ0) is 20.1. The van der Waals surface area contributed by atoms with Gasteiger partial charge in [0.1, 0.15) is 17.0 Å². The number of pyridine rings is 2. The van der Waals surface area contributed by atoms with Gasteiger partial charge in [-0.05, 0) is 37.0 Å². The van der Waals surface area contributed by atoms with Crippen LogP contribution in [-0.2, 0) is 0 Å². The van der Waals surface area contributed by atoms with Gasteiger partial charge in [-0.2, -0.15) is 5.10 Å². The Balaban J connectivity index is 1.29. The average molecular weight is 395 g/mol. The minimum absolute atomic E-state index is 0.00199. The lowest BCUT2D eigenvalue weighted by Crippen LogP contribution is -2.48. The molecule has 3 aromatic rings. The summed E-state index contributed by atoms with van der Waals surface area (Å²) in [5.41, 5.74) is 0.303. The maximum Gasteiger partial charge on any atom is 0.270 e. The molecule has 0 aromatic carbocycles. The van der Waals surface area contributed by atoms with Gasteiger partial charge in [-0.3, -0.25) is 14.4 Å². The Labute approximate surface area is 164 Å². The number of halogens is 1. The van der Waals surface area contributed by atoms with E-state index in [4.69, 9.17) is 0 Å². The molecule has 2 aliphatic rings. The Morgan fingerprint density at radius 1 is 1.21 bits per heavy atom. The number of rotatable bonds is 3. The number of likely N-dealkylation sites (tertiary alicyclic amines) is 1. The summed E-state index contributed by atoms with van der Waals surface area (Å²) in [6, 6.07) is 7.24. The molecule has 3 atom stereocenters. The Morgan fingerprint density at radius 3 is 2.83 bits per heavy atom. The molecule has 2 bridgehead atoms. The normalized spacial score (nSPS) is 22.9. The number of carbonyl (C=O) groups excluding carboxylic acids is 2. The third-order valence-corrected chi connectivity index (χ3v) is 5.85. The van der Waals surface area contributed by atoms with Crippen molar-refractivity contribution in [1.82, 2.24) is 24.8 Å². The highest BCUT2D eigenvalue weighted by atomic mass is 19.1. The molecule has 2 amide bonds. The van der Waals surface area contributed by atoms with Crippen molar-refractivity contribution in [3.63, 3.8) is 0 Å². The minimum Gasteiger partial charge on any atom is -0.349 e. The summed E-state index contributed by atoms with van der Waals surface area (Å²) in [6.07, 6.45) is 4.37. The van der Waals surface area contributed by atoms with E-state index in [1.807, 2.05) is 0 Å². The van der Waals surface area contributed by atoms with Gasteiger partial charge in [0.15, 0.2) is 0 Å². The van der Waals surface area contributed by atoms with Crippen LogP contribution in [0.1, 0.15) is 33.7 Å². The lowest BCUT2D eigenvalue weighted by Gasteiger charge is -2.31. The minimum atomic E-state index is -0.503. The molecule has 0 radical (unpaired) electrons. The van der Waals surface area contributed by atoms with E-state index in [0.29, 0.717) is 13.0 Å². The van der Waals surface area contributed by atoms with Crippen molar-refractivity contribution in [2.24, 2.45) is 5.92 Å². The topological polar surface area (TPSA) is 99.6 Å². The van der Waals surface area contributed by atoms with Gasteiger partial charge < -0.3 is 15.2 Å². The van der Waals surface area contributed by atoms with E-state index < -0.39 is 5.82 Å². The number of hydrogen-bond acceptors (Lipinski definition) is 4. The first-order valence-electron chi connectivity index (χ1n) is 9.44. The Hall–Kier alpha value is -3.49. The number of amides is 2. The summed E-state index contributed by atoms with van der Waals surface area (Å²) in [5.74, 6) is -0.954. The largest absolute Gasteiger partial charge is 0.349 e. The van der Waals surface area contributed by atoms with Crippen LogP contribution in [0.2, 0.25) is 0 Å². The van der Waals surface area contributed by atoms with Crippen LogP contribution in [0.3, 0.4) is 0 Å². The Bertz CT molecular complexity index is 1190. The van der Waals surface area contributed by atoms with E-state index in [-0.39, 0.29) is 52.1 Å². The quantitative estimate of drug-likeness (QED) is 0.696. The van der Waals surface area contributed by atoms with Gasteiger partial charge in [-0.15, -0.1) is 0 Å². The molecule has 8 nitrogen and oxygen atoms in total. The van der Waals surface area contributed by atoms with Crippen molar-refractivity contribution in [3.8, 4) is 0 Å². The molecular formula is C20H18FN5O3. The van der Waals surface area contributed by atoms with Gasteiger partial charge in [0.2, 0.25) is 5.56 Å². The number of hydrogen-bond donors (Lipinski definition) is 2. The molecular weight excluding hydrogens is 377 g/mol. The predicted molar refractivity (Wildman–Crippen MR) is 101 cm³/mol. The van der Waals surface area contributed by atoms with Gasteiger partial charge in [0.25, 0.3) is 11.8 Å². The number of aromatic amines is 1. The first kappa shape index (κ1) is 17.6. The van der Waals surface area contributed by atoms with Crippen LogP contribution in [0.5, 0.6) is 0 Å². The Kier molecular flexibility index (Phi) is 3.97. The zero-order valence-electron chi connectivity index (χ0n) is 15.3. The molecule has 1 aliphatic carbocycles. The van der Waals surface area contributed by atoms with Crippen LogP contribution < -0.4 is 10.9 Å². The summed E-state index contributed by atoms with van der Waals surface area (Å²) in [4.78, 5) is 41.2. The number of carbonyl (C=O) groups is 2.